The van der Waals surface area contributed by atoms with Gasteiger partial charge < -0.3 is 43.9 Å². The van der Waals surface area contributed by atoms with Crippen LogP contribution in [-0.4, -0.2) is 144 Å². The fraction of sp³-hybridized carbons (Fsp3) is 0.696. The van der Waals surface area contributed by atoms with Gasteiger partial charge >= 0.3 is 5.97 Å². The topological polar surface area (TPSA) is 208 Å². The largest absolute Gasteiger partial charge is 0.460 e. The highest BCUT2D eigenvalue weighted by Crippen LogP contribution is 2.45. The van der Waals surface area contributed by atoms with Gasteiger partial charge in [0.1, 0.15) is 36.2 Å². The van der Waals surface area contributed by atoms with Crippen LogP contribution >= 0.6 is 0 Å². The Balaban J connectivity index is 1.24. The van der Waals surface area contributed by atoms with Gasteiger partial charge in [-0.15, -0.1) is 0 Å². The van der Waals surface area contributed by atoms with E-state index < -0.39 is 108 Å². The van der Waals surface area contributed by atoms with E-state index in [4.69, 9.17) is 28.5 Å². The highest BCUT2D eigenvalue weighted by atomic mass is 16.7. The quantitative estimate of drug-likeness (QED) is 0.169. The second-order valence-electron chi connectivity index (χ2n) is 21.9. The molecule has 8 aliphatic heterocycles. The summed E-state index contributed by atoms with van der Waals surface area (Å²) in [6, 6.07) is 8.26. The number of benzene rings is 1. The summed E-state index contributed by atoms with van der Waals surface area (Å²) in [6.07, 6.45) is 6.11. The van der Waals surface area contributed by atoms with Gasteiger partial charge in [0, 0.05) is 64.4 Å². The smallest absolute Gasteiger partial charge is 0.329 e. The summed E-state index contributed by atoms with van der Waals surface area (Å²) in [4.78, 5) is 80.0. The number of amides is 1. The van der Waals surface area contributed by atoms with E-state index in [0.717, 1.165) is 11.3 Å². The van der Waals surface area contributed by atoms with E-state index >= 15 is 0 Å². The van der Waals surface area contributed by atoms with Crippen molar-refractivity contribution in [2.45, 2.75) is 179 Å². The minimum Gasteiger partial charge on any atom is -0.460 e. The molecule has 4 fully saturated rings. The number of allylic oxidation sites excluding steroid dienone is 1. The maximum absolute atomic E-state index is 14.6. The maximum Gasteiger partial charge on any atom is 0.329 e. The lowest BCUT2D eigenvalue weighted by atomic mass is 9.68. The Morgan fingerprint density at radius 2 is 1.56 bits per heavy atom. The van der Waals surface area contributed by atoms with Crippen molar-refractivity contribution in [3.8, 4) is 0 Å². The SMILES string of the molecule is CO[C@H]1C[C@@H]2CC[C@@H](C)[C@@](O)(O2)C(=O)C(=O)N2CCCC3[C@H]2C(=O)O[C@@H](CC(=O)[C@H](C)/C=C(\C)[C@@H](O)[C@@H](OC)C(=O)[C@H](C)C[C@H](C)[C@@H]2C=C[C@H](C=C1C)ON2c1ccccc1)[C@H]3C[C@@H]1CC[C@@H](O)[C@H](OC)C1. The molecule has 3 saturated heterocycles. The number of hydrogen-bond acceptors (Lipinski definition) is 15. The number of carbonyl (C=O) groups excluding carboxylic acids is 5. The Morgan fingerprint density at radius 3 is 2.25 bits per heavy atom. The van der Waals surface area contributed by atoms with Gasteiger partial charge in [0.2, 0.25) is 5.79 Å². The molecule has 0 radical (unpaired) electrons. The molecule has 0 spiro atoms. The van der Waals surface area contributed by atoms with Crippen molar-refractivity contribution in [1.82, 2.24) is 4.90 Å². The van der Waals surface area contributed by atoms with Crippen molar-refractivity contribution in [1.29, 1.82) is 0 Å². The van der Waals surface area contributed by atoms with E-state index in [-0.39, 0.29) is 48.8 Å². The lowest BCUT2D eigenvalue weighted by Gasteiger charge is -2.50. The first kappa shape index (κ1) is 55.6. The van der Waals surface area contributed by atoms with Crippen LogP contribution in [0.5, 0.6) is 0 Å². The monoisotopic (exact) mass is 1000 g/mol. The summed E-state index contributed by atoms with van der Waals surface area (Å²) in [6.45, 7) is 10.9. The molecule has 0 aromatic heterocycles. The second kappa shape index (κ2) is 24.0. The third kappa shape index (κ3) is 12.0. The lowest BCUT2D eigenvalue weighted by Crippen LogP contribution is -2.65. The van der Waals surface area contributed by atoms with Gasteiger partial charge in [-0.25, -0.2) is 9.86 Å². The average molecular weight is 1010 g/mol. The van der Waals surface area contributed by atoms with Crippen molar-refractivity contribution in [2.24, 2.45) is 41.4 Å². The predicted molar refractivity (Wildman–Crippen MR) is 267 cm³/mol. The minimum absolute atomic E-state index is 0.0402. The normalized spacial score (nSPS) is 40.9. The van der Waals surface area contributed by atoms with Crippen LogP contribution in [0.3, 0.4) is 0 Å². The van der Waals surface area contributed by atoms with Crippen LogP contribution in [-0.2, 0) is 52.5 Å². The number of Topliss-reactive ketones (excluding diaryl/α,β-unsaturated/α-hetero) is 3. The summed E-state index contributed by atoms with van der Waals surface area (Å²) in [7, 11) is 4.53. The molecule has 1 saturated carbocycles. The second-order valence-corrected chi connectivity index (χ2v) is 21.9. The molecule has 8 heterocycles. The van der Waals surface area contributed by atoms with E-state index in [2.05, 4.69) is 13.0 Å². The summed E-state index contributed by atoms with van der Waals surface area (Å²) in [5, 5.41) is 36.5. The number of nitrogens with zero attached hydrogens (tertiary/aromatic N) is 2. The number of hydroxylamine groups is 1. The molecule has 1 unspecified atom stereocenters. The zero-order chi connectivity index (χ0) is 52.2. The molecule has 1 aromatic rings. The number of rotatable bonds is 6. The number of carbonyl (C=O) groups is 5. The number of aliphatic hydroxyl groups is 3. The number of ether oxygens (including phenoxy) is 5. The molecule has 398 valence electrons. The number of aliphatic hydroxyl groups excluding tert-OH is 2. The summed E-state index contributed by atoms with van der Waals surface area (Å²) < 4.78 is 29.9. The number of piperidine rings is 1. The fourth-order valence-electron chi connectivity index (χ4n) is 12.6. The van der Waals surface area contributed by atoms with E-state index in [9.17, 15) is 39.3 Å². The lowest BCUT2D eigenvalue weighted by molar-refractivity contribution is -0.266. The molecule has 10 rings (SSSR count). The number of hydrogen-bond donors (Lipinski definition) is 3. The first-order valence-corrected chi connectivity index (χ1v) is 26.3. The van der Waals surface area contributed by atoms with Crippen molar-refractivity contribution < 1.29 is 67.8 Å². The third-order valence-electron chi connectivity index (χ3n) is 16.9. The van der Waals surface area contributed by atoms with Crippen LogP contribution < -0.4 is 5.06 Å². The third-order valence-corrected chi connectivity index (χ3v) is 16.9. The van der Waals surface area contributed by atoms with Crippen molar-refractivity contribution in [3.05, 3.63) is 65.8 Å². The van der Waals surface area contributed by atoms with Crippen LogP contribution in [0, 0.1) is 41.4 Å². The molecule has 1 aliphatic carbocycles. The van der Waals surface area contributed by atoms with Gasteiger partial charge in [0.15, 0.2) is 5.78 Å². The molecule has 18 atom stereocenters. The molecule has 72 heavy (non-hydrogen) atoms. The molecular weight excluding hydrogens is 925 g/mol. The first-order chi connectivity index (χ1) is 34.3. The van der Waals surface area contributed by atoms with Gasteiger partial charge in [-0.1, -0.05) is 64.1 Å². The summed E-state index contributed by atoms with van der Waals surface area (Å²) in [5.74, 6) is -8.91. The summed E-state index contributed by atoms with van der Waals surface area (Å²) >= 11 is 0. The highest BCUT2D eigenvalue weighted by Gasteiger charge is 2.57. The van der Waals surface area contributed by atoms with Gasteiger partial charge in [-0.3, -0.25) is 24.0 Å². The number of anilines is 1. The Kier molecular flexibility index (Phi) is 18.6. The molecule has 1 aromatic carbocycles. The average Bonchev–Trinajstić information content (AvgIpc) is 3.37. The number of para-hydroxylation sites is 1. The molecule has 16 nitrogen and oxygen atoms in total. The van der Waals surface area contributed by atoms with Gasteiger partial charge in [-0.2, -0.15) is 0 Å². The van der Waals surface area contributed by atoms with E-state index in [0.29, 0.717) is 63.4 Å². The van der Waals surface area contributed by atoms with Crippen molar-refractivity contribution in [2.75, 3.05) is 32.9 Å². The molecule has 1 amide bonds. The summed E-state index contributed by atoms with van der Waals surface area (Å²) in [5.41, 5.74) is 2.01. The first-order valence-electron chi connectivity index (χ1n) is 26.3. The zero-order valence-corrected chi connectivity index (χ0v) is 43.7. The molecular formula is C56H80N2O14. The molecule has 16 heteroatoms. The van der Waals surface area contributed by atoms with E-state index in [1.165, 1.54) is 12.0 Å². The van der Waals surface area contributed by atoms with Gasteiger partial charge in [0.05, 0.1) is 36.1 Å². The Bertz CT molecular complexity index is 2180. The predicted octanol–water partition coefficient (Wildman–Crippen LogP) is 6.03. The molecule has 3 N–H and O–H groups in total. The minimum atomic E-state index is -2.48. The number of esters is 1. The Labute approximate surface area is 425 Å². The van der Waals surface area contributed by atoms with Crippen LogP contribution in [0.15, 0.2) is 65.8 Å². The Hall–Kier alpha value is -4.13. The standard InChI is InChI=1S/C56H80N2O14/c1-31-24-34(4)50(61)52(69-9)51(62)35(5)25-32(2)45(60)30-47-42(27-37-18-22-44(59)48(28-37)68-8)41-16-13-23-57(49(41)55(65)70-47)54(64)53(63)56(66)36(6)17-19-39(71-56)29-46(67-7)33(3)26-40-20-21-43(31)58(72-40)38-14-11-10-12-15-38/h10-12,14-15,20-21,25-26,31-32,34,36-37,39-44,46-49,51-52,59,62,66H,13,16-19,22-24,27-30H2,1-9H3/b33-26?,35-25+/t31-,32+,34+,36+,37-,39-,40+,41?,42-,43-,44+,46-,47-,48+,49-,51+,52-,56+/m0/s1. The van der Waals surface area contributed by atoms with Gasteiger partial charge in [-0.05, 0) is 119 Å². The van der Waals surface area contributed by atoms with Crippen molar-refractivity contribution in [3.63, 3.8) is 0 Å². The van der Waals surface area contributed by atoms with Crippen LogP contribution in [0.4, 0.5) is 5.69 Å². The molecule has 9 aliphatic rings. The molecule has 8 bridgehead atoms. The number of methoxy groups -OCH3 is 3. The Morgan fingerprint density at radius 1 is 0.819 bits per heavy atom. The highest BCUT2D eigenvalue weighted by molar-refractivity contribution is 6.39. The fourth-order valence-corrected chi connectivity index (χ4v) is 12.6. The van der Waals surface area contributed by atoms with E-state index in [1.807, 2.05) is 61.4 Å². The van der Waals surface area contributed by atoms with E-state index in [1.54, 1.807) is 41.1 Å². The maximum atomic E-state index is 14.6. The number of ketones is 3. The zero-order valence-electron chi connectivity index (χ0n) is 43.7. The van der Waals surface area contributed by atoms with Crippen LogP contribution in [0.25, 0.3) is 0 Å². The van der Waals surface area contributed by atoms with Gasteiger partial charge in [0.25, 0.3) is 11.7 Å². The van der Waals surface area contributed by atoms with Crippen LogP contribution in [0.2, 0.25) is 0 Å². The van der Waals surface area contributed by atoms with Crippen molar-refractivity contribution >= 4 is 34.9 Å². The van der Waals surface area contributed by atoms with Crippen LogP contribution in [0.1, 0.15) is 112 Å².